The maximum Gasteiger partial charge on any atom is 0.240 e. The molecule has 2 aromatic heterocycles. The Kier molecular flexibility index (Phi) is 5.70. The van der Waals surface area contributed by atoms with E-state index < -0.39 is 10.0 Å². The van der Waals surface area contributed by atoms with Gasteiger partial charge in [-0.2, -0.15) is 11.3 Å². The number of aromatic nitrogens is 1. The number of hydrogen-bond acceptors (Lipinski definition) is 5. The van der Waals surface area contributed by atoms with Crippen LogP contribution in [0.15, 0.2) is 64.3 Å². The second-order valence-electron chi connectivity index (χ2n) is 6.02. The van der Waals surface area contributed by atoms with E-state index in [0.717, 1.165) is 16.8 Å². The molecule has 0 radical (unpaired) electrons. The van der Waals surface area contributed by atoms with Crippen molar-refractivity contribution in [3.8, 4) is 17.0 Å². The Morgan fingerprint density at radius 1 is 1.15 bits per heavy atom. The lowest BCUT2D eigenvalue weighted by Gasteiger charge is -2.11. The summed E-state index contributed by atoms with van der Waals surface area (Å²) in [6.45, 7) is 4.04. The summed E-state index contributed by atoms with van der Waals surface area (Å²) in [7, 11) is -3.59. The highest BCUT2D eigenvalue weighted by Crippen LogP contribution is 2.21. The normalized spacial score (nSPS) is 11.7. The fourth-order valence-electron chi connectivity index (χ4n) is 2.38. The standard InChI is InChI=1S/C19H20N2O3S2/c1-14(2)24-17-3-5-18(6-4-17)26(22,23)21-12-15-7-9-20-19(11-15)16-8-10-25-13-16/h3-11,13-14,21H,12H2,1-2H3. The Labute approximate surface area is 157 Å². The quantitative estimate of drug-likeness (QED) is 0.662. The van der Waals surface area contributed by atoms with E-state index in [-0.39, 0.29) is 17.5 Å². The predicted octanol–water partition coefficient (Wildman–Crippen LogP) is 4.08. The average Bonchev–Trinajstić information content (AvgIpc) is 3.15. The first-order valence-corrected chi connectivity index (χ1v) is 10.6. The van der Waals surface area contributed by atoms with Gasteiger partial charge >= 0.3 is 0 Å². The van der Waals surface area contributed by atoms with E-state index in [1.807, 2.05) is 36.7 Å². The van der Waals surface area contributed by atoms with E-state index in [1.54, 1.807) is 47.9 Å². The van der Waals surface area contributed by atoms with E-state index in [9.17, 15) is 8.42 Å². The molecule has 1 aromatic carbocycles. The Morgan fingerprint density at radius 3 is 2.58 bits per heavy atom. The molecule has 0 atom stereocenters. The van der Waals surface area contributed by atoms with Crippen LogP contribution in [0.5, 0.6) is 5.75 Å². The number of pyridine rings is 1. The maximum absolute atomic E-state index is 12.5. The van der Waals surface area contributed by atoms with E-state index in [4.69, 9.17) is 4.74 Å². The smallest absolute Gasteiger partial charge is 0.240 e. The summed E-state index contributed by atoms with van der Waals surface area (Å²) < 4.78 is 33.1. The van der Waals surface area contributed by atoms with Crippen molar-refractivity contribution in [3.63, 3.8) is 0 Å². The monoisotopic (exact) mass is 388 g/mol. The highest BCUT2D eigenvalue weighted by Gasteiger charge is 2.14. The van der Waals surface area contributed by atoms with Crippen molar-refractivity contribution in [3.05, 3.63) is 65.0 Å². The summed E-state index contributed by atoms with van der Waals surface area (Å²) in [5, 5.41) is 4.00. The van der Waals surface area contributed by atoms with Gasteiger partial charge in [0.1, 0.15) is 5.75 Å². The van der Waals surface area contributed by atoms with Crippen LogP contribution in [0, 0.1) is 0 Å². The van der Waals surface area contributed by atoms with Gasteiger partial charge in [-0.25, -0.2) is 13.1 Å². The van der Waals surface area contributed by atoms with Crippen molar-refractivity contribution in [1.82, 2.24) is 9.71 Å². The molecule has 0 aliphatic carbocycles. The highest BCUT2D eigenvalue weighted by molar-refractivity contribution is 7.89. The van der Waals surface area contributed by atoms with Crippen LogP contribution in [0.4, 0.5) is 0 Å². The summed E-state index contributed by atoms with van der Waals surface area (Å²) >= 11 is 1.60. The minimum atomic E-state index is -3.59. The Morgan fingerprint density at radius 2 is 1.92 bits per heavy atom. The molecule has 2 heterocycles. The number of nitrogens with zero attached hydrogens (tertiary/aromatic N) is 1. The third-order valence-electron chi connectivity index (χ3n) is 3.61. The Hall–Kier alpha value is -2.22. The third-order valence-corrected chi connectivity index (χ3v) is 5.71. The van der Waals surface area contributed by atoms with Crippen LogP contribution >= 0.6 is 11.3 Å². The highest BCUT2D eigenvalue weighted by atomic mass is 32.2. The molecule has 3 aromatic rings. The van der Waals surface area contributed by atoms with Gasteiger partial charge in [0.05, 0.1) is 16.7 Å². The molecular formula is C19H20N2O3S2. The lowest BCUT2D eigenvalue weighted by atomic mass is 10.1. The Bertz CT molecular complexity index is 951. The molecule has 0 saturated carbocycles. The lowest BCUT2D eigenvalue weighted by molar-refractivity contribution is 0.242. The van der Waals surface area contributed by atoms with Gasteiger partial charge in [-0.15, -0.1) is 0 Å². The van der Waals surface area contributed by atoms with Crippen LogP contribution in [0.1, 0.15) is 19.4 Å². The summed E-state index contributed by atoms with van der Waals surface area (Å²) in [6, 6.07) is 12.1. The molecule has 136 valence electrons. The summed E-state index contributed by atoms with van der Waals surface area (Å²) in [4.78, 5) is 4.54. The zero-order chi connectivity index (χ0) is 18.6. The van der Waals surface area contributed by atoms with Gasteiger partial charge in [0, 0.05) is 23.7 Å². The van der Waals surface area contributed by atoms with E-state index in [0.29, 0.717) is 5.75 Å². The second-order valence-corrected chi connectivity index (χ2v) is 8.57. The van der Waals surface area contributed by atoms with Gasteiger partial charge in [0.2, 0.25) is 10.0 Å². The van der Waals surface area contributed by atoms with Gasteiger partial charge in [0.25, 0.3) is 0 Å². The fraction of sp³-hybridized carbons (Fsp3) is 0.211. The topological polar surface area (TPSA) is 68.3 Å². The zero-order valence-corrected chi connectivity index (χ0v) is 16.2. The molecule has 0 unspecified atom stereocenters. The Balaban J connectivity index is 1.69. The number of ether oxygens (including phenoxy) is 1. The first-order chi connectivity index (χ1) is 12.4. The molecule has 26 heavy (non-hydrogen) atoms. The molecule has 0 bridgehead atoms. The van der Waals surface area contributed by atoms with Crippen molar-refractivity contribution in [2.75, 3.05) is 0 Å². The van der Waals surface area contributed by atoms with Crippen LogP contribution in [-0.2, 0) is 16.6 Å². The number of benzene rings is 1. The molecule has 5 nitrogen and oxygen atoms in total. The maximum atomic E-state index is 12.5. The molecule has 3 rings (SSSR count). The molecule has 0 spiro atoms. The SMILES string of the molecule is CC(C)Oc1ccc(S(=O)(=O)NCc2ccnc(-c3ccsc3)c2)cc1. The summed E-state index contributed by atoms with van der Waals surface area (Å²) in [6.07, 6.45) is 1.73. The van der Waals surface area contributed by atoms with Crippen molar-refractivity contribution >= 4 is 21.4 Å². The second kappa shape index (κ2) is 7.99. The molecule has 7 heteroatoms. The van der Waals surface area contributed by atoms with Gasteiger partial charge in [-0.1, -0.05) is 0 Å². The van der Waals surface area contributed by atoms with Crippen molar-refractivity contribution < 1.29 is 13.2 Å². The van der Waals surface area contributed by atoms with Gasteiger partial charge in [-0.3, -0.25) is 4.98 Å². The molecule has 0 saturated heterocycles. The number of sulfonamides is 1. The van der Waals surface area contributed by atoms with Gasteiger partial charge in [0.15, 0.2) is 0 Å². The number of nitrogens with one attached hydrogen (secondary N) is 1. The average molecular weight is 389 g/mol. The first kappa shape index (κ1) is 18.6. The van der Waals surface area contributed by atoms with E-state index in [2.05, 4.69) is 9.71 Å². The molecule has 0 amide bonds. The summed E-state index contributed by atoms with van der Waals surface area (Å²) in [5.41, 5.74) is 2.71. The number of rotatable bonds is 7. The zero-order valence-electron chi connectivity index (χ0n) is 14.5. The number of hydrogen-bond donors (Lipinski definition) is 1. The molecule has 0 aliphatic rings. The van der Waals surface area contributed by atoms with Crippen LogP contribution < -0.4 is 9.46 Å². The molecule has 1 N–H and O–H groups in total. The van der Waals surface area contributed by atoms with Gasteiger partial charge < -0.3 is 4.74 Å². The first-order valence-electron chi connectivity index (χ1n) is 8.18. The summed E-state index contributed by atoms with van der Waals surface area (Å²) in [5.74, 6) is 0.647. The van der Waals surface area contributed by atoms with Crippen LogP contribution in [0.3, 0.4) is 0 Å². The van der Waals surface area contributed by atoms with Crippen molar-refractivity contribution in [2.24, 2.45) is 0 Å². The minimum absolute atomic E-state index is 0.0414. The van der Waals surface area contributed by atoms with Crippen molar-refractivity contribution in [1.29, 1.82) is 0 Å². The number of thiophene rings is 1. The lowest BCUT2D eigenvalue weighted by Crippen LogP contribution is -2.23. The van der Waals surface area contributed by atoms with E-state index >= 15 is 0 Å². The minimum Gasteiger partial charge on any atom is -0.491 e. The molecular weight excluding hydrogens is 368 g/mol. The predicted molar refractivity (Wildman–Crippen MR) is 104 cm³/mol. The fourth-order valence-corrected chi connectivity index (χ4v) is 4.05. The molecule has 0 fully saturated rings. The van der Waals surface area contributed by atoms with Crippen LogP contribution in [0.2, 0.25) is 0 Å². The van der Waals surface area contributed by atoms with Crippen LogP contribution in [0.25, 0.3) is 11.3 Å². The molecule has 0 aliphatic heterocycles. The van der Waals surface area contributed by atoms with Crippen molar-refractivity contribution in [2.45, 2.75) is 31.4 Å². The van der Waals surface area contributed by atoms with Crippen LogP contribution in [-0.4, -0.2) is 19.5 Å². The largest absolute Gasteiger partial charge is 0.491 e. The van der Waals surface area contributed by atoms with Gasteiger partial charge in [-0.05, 0) is 67.3 Å². The van der Waals surface area contributed by atoms with E-state index in [1.165, 1.54) is 0 Å². The third kappa shape index (κ3) is 4.69.